The SMILES string of the molecule is CCOC(=O)/C=C/c1cc(OC)c(Cl)cc1N.COc1cc(/C=C/C(=O)O)c(N)cc1Cl. The van der Waals surface area contributed by atoms with E-state index < -0.39 is 11.9 Å². The Morgan fingerprint density at radius 2 is 1.34 bits per heavy atom. The molecule has 0 spiro atoms. The minimum absolute atomic E-state index is 0.336. The lowest BCUT2D eigenvalue weighted by Gasteiger charge is -2.06. The highest BCUT2D eigenvalue weighted by atomic mass is 35.5. The highest BCUT2D eigenvalue weighted by Gasteiger charge is 2.06. The predicted octanol–water partition coefficient (Wildman–Crippen LogP) is 4.54. The standard InChI is InChI=1S/C12H14ClNO3.C10H10ClNO3/c1-3-17-12(15)5-4-8-6-11(16-2)9(13)7-10(8)14;1-15-9-4-6(2-3-10(13)14)8(12)5-7(9)11/h4-7H,3,14H2,1-2H3;2-5H,12H2,1H3,(H,13,14)/b5-4+;3-2+. The minimum Gasteiger partial charge on any atom is -0.495 e. The lowest BCUT2D eigenvalue weighted by molar-refractivity contribution is -0.137. The van der Waals surface area contributed by atoms with Gasteiger partial charge in [-0.05, 0) is 43.3 Å². The molecule has 0 aliphatic rings. The molecule has 0 fully saturated rings. The van der Waals surface area contributed by atoms with Crippen LogP contribution in [0.2, 0.25) is 10.0 Å². The Hall–Kier alpha value is -3.36. The maximum absolute atomic E-state index is 11.1. The molecule has 0 atom stereocenters. The maximum Gasteiger partial charge on any atom is 0.330 e. The number of carboxylic acid groups (broad SMARTS) is 1. The molecule has 0 bridgehead atoms. The van der Waals surface area contributed by atoms with Gasteiger partial charge in [-0.25, -0.2) is 9.59 Å². The first kappa shape index (κ1) is 26.7. The Morgan fingerprint density at radius 1 is 0.906 bits per heavy atom. The first-order valence-electron chi connectivity index (χ1n) is 9.14. The monoisotopic (exact) mass is 482 g/mol. The Labute approximate surface area is 196 Å². The van der Waals surface area contributed by atoms with E-state index in [1.807, 2.05) is 0 Å². The Balaban J connectivity index is 0.000000323. The van der Waals surface area contributed by atoms with Gasteiger partial charge < -0.3 is 30.8 Å². The molecule has 0 heterocycles. The summed E-state index contributed by atoms with van der Waals surface area (Å²) in [7, 11) is 2.98. The summed E-state index contributed by atoms with van der Waals surface area (Å²) in [6.07, 6.45) is 5.25. The summed E-state index contributed by atoms with van der Waals surface area (Å²) < 4.78 is 14.8. The fourth-order valence-electron chi connectivity index (χ4n) is 2.28. The number of esters is 1. The summed E-state index contributed by atoms with van der Waals surface area (Å²) in [5, 5.41) is 9.28. The second-order valence-corrected chi connectivity index (χ2v) is 6.80. The zero-order valence-electron chi connectivity index (χ0n) is 17.7. The van der Waals surface area contributed by atoms with Gasteiger partial charge in [0.05, 0.1) is 30.9 Å². The van der Waals surface area contributed by atoms with Gasteiger partial charge in [0.15, 0.2) is 0 Å². The molecule has 8 nitrogen and oxygen atoms in total. The number of ether oxygens (including phenoxy) is 3. The molecule has 0 amide bonds. The number of carbonyl (C=O) groups excluding carboxylic acids is 1. The molecule has 0 aromatic heterocycles. The highest BCUT2D eigenvalue weighted by Crippen LogP contribution is 2.31. The van der Waals surface area contributed by atoms with E-state index in [2.05, 4.69) is 0 Å². The van der Waals surface area contributed by atoms with E-state index >= 15 is 0 Å². The van der Waals surface area contributed by atoms with E-state index in [9.17, 15) is 9.59 Å². The van der Waals surface area contributed by atoms with E-state index in [4.69, 9.17) is 54.0 Å². The molecule has 172 valence electrons. The lowest BCUT2D eigenvalue weighted by Crippen LogP contribution is -1.99. The molecule has 32 heavy (non-hydrogen) atoms. The summed E-state index contributed by atoms with van der Waals surface area (Å²) in [5.41, 5.74) is 13.5. The number of nitrogens with two attached hydrogens (primary N) is 2. The number of rotatable bonds is 7. The van der Waals surface area contributed by atoms with Crippen molar-refractivity contribution < 1.29 is 28.9 Å². The van der Waals surface area contributed by atoms with Crippen LogP contribution in [0.1, 0.15) is 18.1 Å². The van der Waals surface area contributed by atoms with Crippen LogP contribution in [-0.4, -0.2) is 37.9 Å². The van der Waals surface area contributed by atoms with Gasteiger partial charge in [0, 0.05) is 34.7 Å². The van der Waals surface area contributed by atoms with Crippen molar-refractivity contribution in [2.75, 3.05) is 32.3 Å². The van der Waals surface area contributed by atoms with Crippen molar-refractivity contribution in [1.82, 2.24) is 0 Å². The third kappa shape index (κ3) is 8.41. The summed E-state index contributed by atoms with van der Waals surface area (Å²) in [5.74, 6) is -0.496. The molecule has 10 heteroatoms. The van der Waals surface area contributed by atoms with Crippen LogP contribution in [-0.2, 0) is 14.3 Å². The van der Waals surface area contributed by atoms with Crippen molar-refractivity contribution in [2.24, 2.45) is 0 Å². The van der Waals surface area contributed by atoms with Gasteiger partial charge in [-0.1, -0.05) is 23.2 Å². The molecular formula is C22H24Cl2N2O6. The summed E-state index contributed by atoms with van der Waals surface area (Å²) >= 11 is 11.7. The largest absolute Gasteiger partial charge is 0.495 e. The topological polar surface area (TPSA) is 134 Å². The van der Waals surface area contributed by atoms with Crippen LogP contribution in [0.4, 0.5) is 11.4 Å². The van der Waals surface area contributed by atoms with Crippen LogP contribution >= 0.6 is 23.2 Å². The number of benzene rings is 2. The van der Waals surface area contributed by atoms with E-state index in [-0.39, 0.29) is 0 Å². The van der Waals surface area contributed by atoms with Crippen molar-refractivity contribution in [3.8, 4) is 11.5 Å². The quantitative estimate of drug-likeness (QED) is 0.297. The minimum atomic E-state index is -1.04. The van der Waals surface area contributed by atoms with Gasteiger partial charge in [-0.2, -0.15) is 0 Å². The third-order valence-corrected chi connectivity index (χ3v) is 4.40. The van der Waals surface area contributed by atoms with Crippen LogP contribution in [0.5, 0.6) is 11.5 Å². The zero-order chi connectivity index (χ0) is 24.3. The second-order valence-electron chi connectivity index (χ2n) is 5.99. The molecule has 2 aromatic rings. The zero-order valence-corrected chi connectivity index (χ0v) is 19.2. The van der Waals surface area contributed by atoms with Crippen LogP contribution < -0.4 is 20.9 Å². The number of carbonyl (C=O) groups is 2. The van der Waals surface area contributed by atoms with E-state index in [0.29, 0.717) is 50.7 Å². The van der Waals surface area contributed by atoms with Crippen LogP contribution in [0, 0.1) is 0 Å². The fraction of sp³-hybridized carbons (Fsp3) is 0.182. The van der Waals surface area contributed by atoms with Crippen molar-refractivity contribution >= 4 is 58.7 Å². The number of methoxy groups -OCH3 is 2. The van der Waals surface area contributed by atoms with E-state index in [1.165, 1.54) is 32.4 Å². The maximum atomic E-state index is 11.1. The third-order valence-electron chi connectivity index (χ3n) is 3.81. The van der Waals surface area contributed by atoms with Crippen molar-refractivity contribution in [3.63, 3.8) is 0 Å². The van der Waals surface area contributed by atoms with Crippen LogP contribution in [0.15, 0.2) is 36.4 Å². The van der Waals surface area contributed by atoms with Gasteiger partial charge in [-0.15, -0.1) is 0 Å². The number of nitrogen functional groups attached to an aromatic ring is 2. The smallest absolute Gasteiger partial charge is 0.330 e. The Morgan fingerprint density at radius 3 is 1.72 bits per heavy atom. The number of halogens is 2. The molecule has 2 aromatic carbocycles. The summed E-state index contributed by atoms with van der Waals surface area (Å²) in [6, 6.07) is 6.33. The number of hydrogen-bond donors (Lipinski definition) is 3. The Kier molecular flexibility index (Phi) is 11.0. The van der Waals surface area contributed by atoms with Gasteiger partial charge >= 0.3 is 11.9 Å². The first-order valence-corrected chi connectivity index (χ1v) is 9.90. The molecule has 0 aliphatic heterocycles. The molecule has 0 aliphatic carbocycles. The molecule has 0 saturated heterocycles. The van der Waals surface area contributed by atoms with Crippen LogP contribution in [0.3, 0.4) is 0 Å². The molecule has 0 radical (unpaired) electrons. The highest BCUT2D eigenvalue weighted by molar-refractivity contribution is 6.32. The van der Waals surface area contributed by atoms with Gasteiger partial charge in [0.1, 0.15) is 11.5 Å². The summed E-state index contributed by atoms with van der Waals surface area (Å²) in [4.78, 5) is 21.5. The van der Waals surface area contributed by atoms with E-state index in [0.717, 1.165) is 6.08 Å². The number of carboxylic acids is 1. The Bertz CT molecular complexity index is 1020. The average Bonchev–Trinajstić information content (AvgIpc) is 2.73. The first-order chi connectivity index (χ1) is 15.1. The number of aliphatic carboxylic acids is 1. The molecule has 2 rings (SSSR count). The number of anilines is 2. The molecular weight excluding hydrogens is 459 g/mol. The van der Waals surface area contributed by atoms with Gasteiger partial charge in [-0.3, -0.25) is 0 Å². The van der Waals surface area contributed by atoms with Crippen molar-refractivity contribution in [2.45, 2.75) is 6.92 Å². The second kappa shape index (κ2) is 13.1. The van der Waals surface area contributed by atoms with Crippen LogP contribution in [0.25, 0.3) is 12.2 Å². The lowest BCUT2D eigenvalue weighted by atomic mass is 10.1. The average molecular weight is 483 g/mol. The molecule has 5 N–H and O–H groups in total. The fourth-order valence-corrected chi connectivity index (χ4v) is 2.78. The summed E-state index contributed by atoms with van der Waals surface area (Å²) in [6.45, 7) is 2.08. The van der Waals surface area contributed by atoms with E-state index in [1.54, 1.807) is 31.2 Å². The van der Waals surface area contributed by atoms with Gasteiger partial charge in [0.2, 0.25) is 0 Å². The number of hydrogen-bond acceptors (Lipinski definition) is 7. The normalized spacial score (nSPS) is 10.5. The molecule has 0 saturated carbocycles. The molecule has 0 unspecified atom stereocenters. The van der Waals surface area contributed by atoms with Crippen molar-refractivity contribution in [3.05, 3.63) is 57.6 Å². The van der Waals surface area contributed by atoms with Crippen molar-refractivity contribution in [1.29, 1.82) is 0 Å². The predicted molar refractivity (Wildman–Crippen MR) is 127 cm³/mol. The van der Waals surface area contributed by atoms with Gasteiger partial charge in [0.25, 0.3) is 0 Å².